The first-order chi connectivity index (χ1) is 11.7. The van der Waals surface area contributed by atoms with Gasteiger partial charge in [0.25, 0.3) is 5.91 Å². The highest BCUT2D eigenvalue weighted by molar-refractivity contribution is 6.35. The summed E-state index contributed by atoms with van der Waals surface area (Å²) >= 11 is 12.1. The lowest BCUT2D eigenvalue weighted by atomic mass is 9.91. The summed E-state index contributed by atoms with van der Waals surface area (Å²) < 4.78 is 19.9. The Balaban J connectivity index is 1.79. The summed E-state index contributed by atoms with van der Waals surface area (Å²) in [5.41, 5.74) is -1.06. The van der Waals surface area contributed by atoms with E-state index < -0.39 is 11.5 Å². The molecule has 3 rings (SSSR count). The van der Waals surface area contributed by atoms with Crippen molar-refractivity contribution in [1.82, 2.24) is 14.8 Å². The van der Waals surface area contributed by atoms with Crippen LogP contribution in [0.2, 0.25) is 10.0 Å². The summed E-state index contributed by atoms with van der Waals surface area (Å²) in [4.78, 5) is 4.02. The van der Waals surface area contributed by atoms with Gasteiger partial charge in [-0.05, 0) is 25.1 Å². The van der Waals surface area contributed by atoms with Crippen molar-refractivity contribution in [1.29, 1.82) is 0 Å². The minimum Gasteiger partial charge on any atom is -0.489 e. The molecule has 25 heavy (non-hydrogen) atoms. The van der Waals surface area contributed by atoms with Crippen molar-refractivity contribution in [3.8, 4) is 5.75 Å². The topological polar surface area (TPSA) is 58.4 Å². The molecule has 0 spiro atoms. The average Bonchev–Trinajstić information content (AvgIpc) is 3.14. The van der Waals surface area contributed by atoms with Crippen LogP contribution in [0.5, 0.6) is 5.75 Å². The molecular weight excluding hydrogens is 365 g/mol. The summed E-state index contributed by atoms with van der Waals surface area (Å²) in [5, 5.41) is 5.23. The van der Waals surface area contributed by atoms with Gasteiger partial charge in [0, 0.05) is 10.4 Å². The van der Waals surface area contributed by atoms with Gasteiger partial charge in [-0.25, -0.2) is 4.98 Å². The van der Waals surface area contributed by atoms with Gasteiger partial charge in [-0.1, -0.05) is 44.0 Å². The van der Waals surface area contributed by atoms with Gasteiger partial charge < -0.3 is 14.2 Å². The zero-order valence-electron chi connectivity index (χ0n) is 14.6. The van der Waals surface area contributed by atoms with Crippen LogP contribution in [0.15, 0.2) is 30.9 Å². The van der Waals surface area contributed by atoms with E-state index in [4.69, 9.17) is 37.4 Å². The first-order valence-corrected chi connectivity index (χ1v) is 8.68. The maximum Gasteiger partial charge on any atom is 0.278 e. The second kappa shape index (κ2) is 6.43. The number of ether oxygens (including phenoxy) is 3. The molecule has 1 aromatic heterocycles. The fraction of sp³-hybridized carbons (Fsp3) is 0.529. The van der Waals surface area contributed by atoms with Gasteiger partial charge in [0.05, 0.1) is 11.6 Å². The number of nitrogens with zero attached hydrogens (tertiary/aromatic N) is 3. The molecule has 1 saturated heterocycles. The predicted octanol–water partition coefficient (Wildman–Crippen LogP) is 4.13. The second-order valence-corrected chi connectivity index (χ2v) is 8.22. The van der Waals surface area contributed by atoms with Crippen LogP contribution in [0.25, 0.3) is 0 Å². The molecule has 0 saturated carbocycles. The SMILES string of the molecule is CC1(COc2ccc(Cl)cc2Cl)COC(n2cncn2)(C(C)(C)C)O1. The van der Waals surface area contributed by atoms with E-state index in [-0.39, 0.29) is 12.0 Å². The molecule has 1 aliphatic rings. The highest BCUT2D eigenvalue weighted by Crippen LogP contribution is 2.46. The molecule has 1 aliphatic heterocycles. The van der Waals surface area contributed by atoms with Crippen molar-refractivity contribution < 1.29 is 14.2 Å². The summed E-state index contributed by atoms with van der Waals surface area (Å²) in [6, 6.07) is 5.10. The van der Waals surface area contributed by atoms with Crippen molar-refractivity contribution in [2.45, 2.75) is 39.2 Å². The molecule has 0 aliphatic carbocycles. The summed E-state index contributed by atoms with van der Waals surface area (Å²) in [7, 11) is 0. The minimum atomic E-state index is -1.06. The molecule has 0 amide bonds. The van der Waals surface area contributed by atoms with Gasteiger partial charge in [-0.3, -0.25) is 0 Å². The fourth-order valence-corrected chi connectivity index (χ4v) is 3.19. The van der Waals surface area contributed by atoms with Gasteiger partial charge in [0.1, 0.15) is 30.6 Å². The molecule has 0 radical (unpaired) electrons. The fourth-order valence-electron chi connectivity index (χ4n) is 2.72. The van der Waals surface area contributed by atoms with Crippen molar-refractivity contribution >= 4 is 23.2 Å². The van der Waals surface area contributed by atoms with Crippen molar-refractivity contribution in [3.63, 3.8) is 0 Å². The Bertz CT molecular complexity index is 748. The van der Waals surface area contributed by atoms with Crippen molar-refractivity contribution in [2.24, 2.45) is 5.41 Å². The van der Waals surface area contributed by atoms with E-state index >= 15 is 0 Å². The van der Waals surface area contributed by atoms with Crippen LogP contribution in [-0.4, -0.2) is 33.6 Å². The molecule has 1 aromatic carbocycles. The maximum atomic E-state index is 6.37. The van der Waals surface area contributed by atoms with E-state index in [2.05, 4.69) is 10.1 Å². The summed E-state index contributed by atoms with van der Waals surface area (Å²) in [6.07, 6.45) is 3.05. The first kappa shape index (κ1) is 18.5. The molecule has 2 unspecified atom stereocenters. The van der Waals surface area contributed by atoms with Crippen LogP contribution >= 0.6 is 23.2 Å². The molecular formula is C17H21Cl2N3O3. The first-order valence-electron chi connectivity index (χ1n) is 7.92. The van der Waals surface area contributed by atoms with E-state index in [1.807, 2.05) is 27.7 Å². The largest absolute Gasteiger partial charge is 0.489 e. The molecule has 2 heterocycles. The normalized spacial score (nSPS) is 26.8. The standard InChI is InChI=1S/C17H21Cl2N3O3/c1-15(2,3)17(22-11-20-10-21-22)24-9-16(4,25-17)8-23-14-6-5-12(18)7-13(14)19/h5-7,10-11H,8-9H2,1-4H3. The van der Waals surface area contributed by atoms with E-state index in [1.165, 1.54) is 6.33 Å². The Hall–Kier alpha value is -1.34. The maximum absolute atomic E-state index is 6.37. The predicted molar refractivity (Wildman–Crippen MR) is 94.9 cm³/mol. The lowest BCUT2D eigenvalue weighted by Crippen LogP contribution is -2.49. The van der Waals surface area contributed by atoms with Crippen LogP contribution in [0.4, 0.5) is 0 Å². The third kappa shape index (κ3) is 3.49. The third-order valence-corrected chi connectivity index (χ3v) is 4.58. The third-order valence-electron chi connectivity index (χ3n) is 4.05. The van der Waals surface area contributed by atoms with Gasteiger partial charge in [-0.15, -0.1) is 0 Å². The van der Waals surface area contributed by atoms with Gasteiger partial charge in [0.2, 0.25) is 0 Å². The van der Waals surface area contributed by atoms with E-state index in [1.54, 1.807) is 29.2 Å². The average molecular weight is 386 g/mol. The second-order valence-electron chi connectivity index (χ2n) is 7.38. The van der Waals surface area contributed by atoms with E-state index in [0.717, 1.165) is 0 Å². The number of rotatable bonds is 4. The summed E-state index contributed by atoms with van der Waals surface area (Å²) in [5.74, 6) is -0.518. The number of hydrogen-bond donors (Lipinski definition) is 0. The molecule has 8 heteroatoms. The van der Waals surface area contributed by atoms with Crippen LogP contribution < -0.4 is 4.74 Å². The highest BCUT2D eigenvalue weighted by atomic mass is 35.5. The Kier molecular flexibility index (Phi) is 4.75. The van der Waals surface area contributed by atoms with E-state index in [0.29, 0.717) is 22.4 Å². The molecule has 1 fully saturated rings. The highest BCUT2D eigenvalue weighted by Gasteiger charge is 2.57. The Morgan fingerprint density at radius 1 is 1.32 bits per heavy atom. The smallest absolute Gasteiger partial charge is 0.278 e. The van der Waals surface area contributed by atoms with Gasteiger partial charge in [-0.2, -0.15) is 9.78 Å². The van der Waals surface area contributed by atoms with Crippen LogP contribution in [0.3, 0.4) is 0 Å². The number of halogens is 2. The lowest BCUT2D eigenvalue weighted by Gasteiger charge is -2.40. The number of aromatic nitrogens is 3. The zero-order chi connectivity index (χ0) is 18.3. The van der Waals surface area contributed by atoms with Crippen LogP contribution in [0, 0.1) is 5.41 Å². The lowest BCUT2D eigenvalue weighted by molar-refractivity contribution is -0.311. The summed E-state index contributed by atoms with van der Waals surface area (Å²) in [6.45, 7) is 8.61. The Morgan fingerprint density at radius 2 is 2.08 bits per heavy atom. The molecule has 2 aromatic rings. The minimum absolute atomic E-state index is 0.265. The Morgan fingerprint density at radius 3 is 2.68 bits per heavy atom. The number of benzene rings is 1. The quantitative estimate of drug-likeness (QED) is 0.791. The molecule has 2 atom stereocenters. The Labute approximate surface area is 157 Å². The number of hydrogen-bond acceptors (Lipinski definition) is 5. The van der Waals surface area contributed by atoms with Crippen LogP contribution in [-0.2, 0) is 15.4 Å². The van der Waals surface area contributed by atoms with Gasteiger partial charge in [0.15, 0.2) is 0 Å². The molecule has 6 nitrogen and oxygen atoms in total. The van der Waals surface area contributed by atoms with Crippen LogP contribution in [0.1, 0.15) is 27.7 Å². The van der Waals surface area contributed by atoms with E-state index in [9.17, 15) is 0 Å². The molecule has 0 bridgehead atoms. The monoisotopic (exact) mass is 385 g/mol. The molecule has 0 N–H and O–H groups in total. The van der Waals surface area contributed by atoms with Crippen molar-refractivity contribution in [3.05, 3.63) is 40.9 Å². The zero-order valence-corrected chi connectivity index (χ0v) is 16.1. The van der Waals surface area contributed by atoms with Crippen molar-refractivity contribution in [2.75, 3.05) is 13.2 Å². The molecule has 136 valence electrons. The van der Waals surface area contributed by atoms with Gasteiger partial charge >= 0.3 is 0 Å².